The van der Waals surface area contributed by atoms with Gasteiger partial charge in [-0.3, -0.25) is 0 Å². The van der Waals surface area contributed by atoms with Crippen molar-refractivity contribution in [2.45, 2.75) is 36.2 Å². The number of nitrogens with one attached hydrogen (secondary N) is 1. The first-order chi connectivity index (χ1) is 11.3. The lowest BCUT2D eigenvalue weighted by Crippen LogP contribution is -2.35. The molecule has 1 N–H and O–H groups in total. The predicted molar refractivity (Wildman–Crippen MR) is 106 cm³/mol. The third-order valence-electron chi connectivity index (χ3n) is 3.37. The Kier molecular flexibility index (Phi) is 6.80. The Bertz CT molecular complexity index is 742. The molecule has 0 aliphatic heterocycles. The van der Waals surface area contributed by atoms with Crippen LogP contribution >= 0.6 is 21.6 Å². The summed E-state index contributed by atoms with van der Waals surface area (Å²) in [5, 5.41) is 0. The standard InChI is InChI=1S/C18H23NO2S3/c1-15-9-11-17(12-10-15)24(20,21)19-14-18(2,3)23-22-13-16-7-5-4-6-8-16/h4-12,19H,13-14H2,1-3H3. The van der Waals surface area contributed by atoms with Gasteiger partial charge in [-0.1, -0.05) is 69.6 Å². The molecule has 0 aliphatic carbocycles. The average Bonchev–Trinajstić information content (AvgIpc) is 2.55. The first-order valence-electron chi connectivity index (χ1n) is 7.69. The predicted octanol–water partition coefficient (Wildman–Crippen LogP) is 4.63. The van der Waals surface area contributed by atoms with Gasteiger partial charge in [0.25, 0.3) is 0 Å². The molecule has 0 spiro atoms. The van der Waals surface area contributed by atoms with Crippen LogP contribution < -0.4 is 4.72 Å². The van der Waals surface area contributed by atoms with Crippen LogP contribution in [0.15, 0.2) is 59.5 Å². The Hall–Kier alpha value is -0.950. The third kappa shape index (κ3) is 6.16. The summed E-state index contributed by atoms with van der Waals surface area (Å²) in [7, 11) is -0.0149. The molecule has 0 saturated heterocycles. The first kappa shape index (κ1) is 19.4. The second-order valence-corrected chi connectivity index (χ2v) is 11.0. The van der Waals surface area contributed by atoms with Crippen molar-refractivity contribution in [3.05, 3.63) is 65.7 Å². The van der Waals surface area contributed by atoms with Gasteiger partial charge in [0, 0.05) is 17.0 Å². The van der Waals surface area contributed by atoms with Gasteiger partial charge in [-0.2, -0.15) is 0 Å². The molecular formula is C18H23NO2S3. The molecule has 130 valence electrons. The van der Waals surface area contributed by atoms with Crippen LogP contribution in [0, 0.1) is 6.92 Å². The van der Waals surface area contributed by atoms with Gasteiger partial charge in [0.2, 0.25) is 10.0 Å². The highest BCUT2D eigenvalue weighted by Gasteiger charge is 2.23. The van der Waals surface area contributed by atoms with E-state index in [-0.39, 0.29) is 4.75 Å². The van der Waals surface area contributed by atoms with Crippen molar-refractivity contribution in [1.82, 2.24) is 4.72 Å². The Morgan fingerprint density at radius 2 is 1.62 bits per heavy atom. The van der Waals surface area contributed by atoms with Crippen molar-refractivity contribution >= 4 is 31.6 Å². The van der Waals surface area contributed by atoms with Crippen LogP contribution in [-0.2, 0) is 15.8 Å². The van der Waals surface area contributed by atoms with E-state index in [1.54, 1.807) is 33.7 Å². The van der Waals surface area contributed by atoms with Crippen LogP contribution in [0.4, 0.5) is 0 Å². The maximum atomic E-state index is 12.4. The van der Waals surface area contributed by atoms with E-state index in [9.17, 15) is 8.42 Å². The fraction of sp³-hybridized carbons (Fsp3) is 0.333. The molecule has 0 fully saturated rings. The van der Waals surface area contributed by atoms with Crippen LogP contribution in [0.5, 0.6) is 0 Å². The van der Waals surface area contributed by atoms with Crippen molar-refractivity contribution in [1.29, 1.82) is 0 Å². The van der Waals surface area contributed by atoms with E-state index >= 15 is 0 Å². The van der Waals surface area contributed by atoms with Gasteiger partial charge in [-0.15, -0.1) is 0 Å². The van der Waals surface area contributed by atoms with Gasteiger partial charge in [0.05, 0.1) is 4.90 Å². The van der Waals surface area contributed by atoms with Crippen molar-refractivity contribution in [3.8, 4) is 0 Å². The molecule has 0 bridgehead atoms. The minimum Gasteiger partial charge on any atom is -0.210 e. The monoisotopic (exact) mass is 381 g/mol. The van der Waals surface area contributed by atoms with Gasteiger partial charge in [-0.25, -0.2) is 13.1 Å². The normalized spacial score (nSPS) is 12.3. The molecule has 2 aromatic carbocycles. The Morgan fingerprint density at radius 1 is 1.00 bits per heavy atom. The Labute approximate surface area is 153 Å². The number of aryl methyl sites for hydroxylation is 1. The summed E-state index contributed by atoms with van der Waals surface area (Å²) in [5.41, 5.74) is 2.31. The van der Waals surface area contributed by atoms with Crippen LogP contribution in [0.3, 0.4) is 0 Å². The van der Waals surface area contributed by atoms with Gasteiger partial charge >= 0.3 is 0 Å². The zero-order valence-corrected chi connectivity index (χ0v) is 16.6. The number of sulfonamides is 1. The summed E-state index contributed by atoms with van der Waals surface area (Å²) in [6.07, 6.45) is 0. The Morgan fingerprint density at radius 3 is 2.25 bits per heavy atom. The van der Waals surface area contributed by atoms with Gasteiger partial charge < -0.3 is 0 Å². The number of benzene rings is 2. The zero-order chi connectivity index (χ0) is 17.6. The quantitative estimate of drug-likeness (QED) is 0.677. The van der Waals surface area contributed by atoms with E-state index in [0.717, 1.165) is 11.3 Å². The topological polar surface area (TPSA) is 46.2 Å². The maximum absolute atomic E-state index is 12.4. The van der Waals surface area contributed by atoms with Crippen LogP contribution in [0.1, 0.15) is 25.0 Å². The van der Waals surface area contributed by atoms with E-state index in [1.807, 2.05) is 51.1 Å². The molecule has 3 nitrogen and oxygen atoms in total. The number of rotatable bonds is 8. The van der Waals surface area contributed by atoms with Crippen LogP contribution in [0.2, 0.25) is 0 Å². The zero-order valence-electron chi connectivity index (χ0n) is 14.2. The van der Waals surface area contributed by atoms with Gasteiger partial charge in [0.15, 0.2) is 0 Å². The number of hydrogen-bond acceptors (Lipinski definition) is 4. The second kappa shape index (κ2) is 8.43. The van der Waals surface area contributed by atoms with Crippen LogP contribution in [0.25, 0.3) is 0 Å². The van der Waals surface area contributed by atoms with Crippen molar-refractivity contribution < 1.29 is 8.42 Å². The summed E-state index contributed by atoms with van der Waals surface area (Å²) < 4.78 is 27.2. The molecule has 0 heterocycles. The fourth-order valence-electron chi connectivity index (χ4n) is 1.93. The van der Waals surface area contributed by atoms with Crippen molar-refractivity contribution in [3.63, 3.8) is 0 Å². The highest BCUT2D eigenvalue weighted by molar-refractivity contribution is 8.76. The van der Waals surface area contributed by atoms with Gasteiger partial charge in [0.1, 0.15) is 0 Å². The van der Waals surface area contributed by atoms with Crippen molar-refractivity contribution in [2.75, 3.05) is 6.54 Å². The minimum absolute atomic E-state index is 0.197. The molecule has 0 radical (unpaired) electrons. The maximum Gasteiger partial charge on any atom is 0.240 e. The van der Waals surface area contributed by atoms with Crippen LogP contribution in [-0.4, -0.2) is 19.7 Å². The van der Waals surface area contributed by atoms with Gasteiger partial charge in [-0.05, 0) is 38.5 Å². The lowest BCUT2D eigenvalue weighted by Gasteiger charge is -2.23. The van der Waals surface area contributed by atoms with E-state index < -0.39 is 10.0 Å². The largest absolute Gasteiger partial charge is 0.240 e. The highest BCUT2D eigenvalue weighted by atomic mass is 33.1. The molecule has 0 saturated carbocycles. The van der Waals surface area contributed by atoms with E-state index in [0.29, 0.717) is 11.4 Å². The van der Waals surface area contributed by atoms with Crippen molar-refractivity contribution in [2.24, 2.45) is 0 Å². The minimum atomic E-state index is -3.46. The molecule has 6 heteroatoms. The summed E-state index contributed by atoms with van der Waals surface area (Å²) in [4.78, 5) is 0.311. The molecule has 0 unspecified atom stereocenters. The summed E-state index contributed by atoms with van der Waals surface area (Å²) in [6.45, 7) is 6.42. The third-order valence-corrected chi connectivity index (χ3v) is 8.01. The first-order valence-corrected chi connectivity index (χ1v) is 11.5. The molecule has 0 aliphatic rings. The summed E-state index contributed by atoms with van der Waals surface area (Å²) in [5.74, 6) is 0.902. The lowest BCUT2D eigenvalue weighted by atomic mass is 10.2. The van der Waals surface area contributed by atoms with E-state index in [2.05, 4.69) is 16.9 Å². The molecule has 24 heavy (non-hydrogen) atoms. The molecule has 0 amide bonds. The SMILES string of the molecule is Cc1ccc(S(=O)(=O)NCC(C)(C)SSCc2ccccc2)cc1. The lowest BCUT2D eigenvalue weighted by molar-refractivity contribution is 0.571. The summed E-state index contributed by atoms with van der Waals surface area (Å²) >= 11 is 0. The average molecular weight is 382 g/mol. The fourth-order valence-corrected chi connectivity index (χ4v) is 5.79. The molecule has 0 aromatic heterocycles. The Balaban J connectivity index is 1.86. The second-order valence-electron chi connectivity index (χ2n) is 6.23. The number of hydrogen-bond donors (Lipinski definition) is 1. The molecular weight excluding hydrogens is 358 g/mol. The summed E-state index contributed by atoms with van der Waals surface area (Å²) in [6, 6.07) is 17.2. The molecule has 2 rings (SSSR count). The highest BCUT2D eigenvalue weighted by Crippen LogP contribution is 2.37. The van der Waals surface area contributed by atoms with E-state index in [1.165, 1.54) is 5.56 Å². The smallest absolute Gasteiger partial charge is 0.210 e. The molecule has 0 atom stereocenters. The molecule has 2 aromatic rings. The van der Waals surface area contributed by atoms with E-state index in [4.69, 9.17) is 0 Å².